The Hall–Kier alpha value is -0.340. The molecule has 1 saturated carbocycles. The minimum Gasteiger partial charge on any atom is -0.392 e. The SMILES string of the molecule is CC(C)=CCN[C@H]1CCC[C@@H]1O. The first-order chi connectivity index (χ1) is 5.70. The summed E-state index contributed by atoms with van der Waals surface area (Å²) in [7, 11) is 0. The van der Waals surface area contributed by atoms with E-state index >= 15 is 0 Å². The minimum atomic E-state index is -0.115. The first-order valence-electron chi connectivity index (χ1n) is 4.75. The molecular weight excluding hydrogens is 150 g/mol. The zero-order chi connectivity index (χ0) is 8.97. The highest BCUT2D eigenvalue weighted by Gasteiger charge is 2.23. The fourth-order valence-corrected chi connectivity index (χ4v) is 1.59. The predicted molar refractivity (Wildman–Crippen MR) is 51.1 cm³/mol. The maximum absolute atomic E-state index is 9.47. The van der Waals surface area contributed by atoms with Gasteiger partial charge in [0.2, 0.25) is 0 Å². The molecular formula is C10H19NO. The van der Waals surface area contributed by atoms with Crippen molar-refractivity contribution in [2.24, 2.45) is 0 Å². The van der Waals surface area contributed by atoms with Crippen LogP contribution in [0.3, 0.4) is 0 Å². The van der Waals surface area contributed by atoms with Crippen LogP contribution >= 0.6 is 0 Å². The van der Waals surface area contributed by atoms with Crippen LogP contribution in [-0.4, -0.2) is 23.8 Å². The zero-order valence-electron chi connectivity index (χ0n) is 8.01. The van der Waals surface area contributed by atoms with Crippen molar-refractivity contribution in [3.8, 4) is 0 Å². The Morgan fingerprint density at radius 3 is 2.75 bits per heavy atom. The molecule has 0 heterocycles. The highest BCUT2D eigenvalue weighted by Crippen LogP contribution is 2.18. The van der Waals surface area contributed by atoms with E-state index in [0.717, 1.165) is 25.8 Å². The van der Waals surface area contributed by atoms with Crippen LogP contribution in [0.4, 0.5) is 0 Å². The van der Waals surface area contributed by atoms with E-state index in [1.165, 1.54) is 5.57 Å². The summed E-state index contributed by atoms with van der Waals surface area (Å²) in [6.07, 6.45) is 5.29. The second kappa shape index (κ2) is 4.63. The predicted octanol–water partition coefficient (Wildman–Crippen LogP) is 1.46. The second-order valence-corrected chi connectivity index (χ2v) is 3.79. The summed E-state index contributed by atoms with van der Waals surface area (Å²) in [6.45, 7) is 5.07. The number of rotatable bonds is 3. The molecule has 0 spiro atoms. The molecule has 1 rings (SSSR count). The lowest BCUT2D eigenvalue weighted by Crippen LogP contribution is -2.35. The van der Waals surface area contributed by atoms with Crippen molar-refractivity contribution in [1.82, 2.24) is 5.32 Å². The van der Waals surface area contributed by atoms with Crippen LogP contribution in [-0.2, 0) is 0 Å². The molecule has 12 heavy (non-hydrogen) atoms. The van der Waals surface area contributed by atoms with E-state index in [9.17, 15) is 5.11 Å². The highest BCUT2D eigenvalue weighted by atomic mass is 16.3. The summed E-state index contributed by atoms with van der Waals surface area (Å²) in [4.78, 5) is 0. The molecule has 70 valence electrons. The Kier molecular flexibility index (Phi) is 3.76. The Morgan fingerprint density at radius 1 is 1.50 bits per heavy atom. The van der Waals surface area contributed by atoms with Crippen LogP contribution in [0.25, 0.3) is 0 Å². The van der Waals surface area contributed by atoms with Crippen LogP contribution in [0.2, 0.25) is 0 Å². The Morgan fingerprint density at radius 2 is 2.25 bits per heavy atom. The third-order valence-corrected chi connectivity index (χ3v) is 2.37. The molecule has 2 N–H and O–H groups in total. The number of nitrogens with one attached hydrogen (secondary N) is 1. The lowest BCUT2D eigenvalue weighted by atomic mass is 10.2. The molecule has 0 aromatic rings. The van der Waals surface area contributed by atoms with Crippen molar-refractivity contribution in [3.63, 3.8) is 0 Å². The summed E-state index contributed by atoms with van der Waals surface area (Å²) in [5.74, 6) is 0. The summed E-state index contributed by atoms with van der Waals surface area (Å²) in [5, 5.41) is 12.8. The maximum Gasteiger partial charge on any atom is 0.0693 e. The number of aliphatic hydroxyl groups excluding tert-OH is 1. The van der Waals surface area contributed by atoms with Crippen molar-refractivity contribution in [3.05, 3.63) is 11.6 Å². The topological polar surface area (TPSA) is 32.3 Å². The first-order valence-corrected chi connectivity index (χ1v) is 4.75. The van der Waals surface area contributed by atoms with E-state index in [4.69, 9.17) is 0 Å². The van der Waals surface area contributed by atoms with Gasteiger partial charge in [-0.15, -0.1) is 0 Å². The molecule has 0 aromatic heterocycles. The van der Waals surface area contributed by atoms with Crippen LogP contribution in [0.15, 0.2) is 11.6 Å². The van der Waals surface area contributed by atoms with Crippen LogP contribution in [0.5, 0.6) is 0 Å². The molecule has 1 fully saturated rings. The third kappa shape index (κ3) is 2.95. The smallest absolute Gasteiger partial charge is 0.0693 e. The van der Waals surface area contributed by atoms with E-state index < -0.39 is 0 Å². The van der Waals surface area contributed by atoms with Gasteiger partial charge < -0.3 is 10.4 Å². The normalized spacial score (nSPS) is 28.9. The molecule has 0 unspecified atom stereocenters. The van der Waals surface area contributed by atoms with Gasteiger partial charge in [-0.3, -0.25) is 0 Å². The van der Waals surface area contributed by atoms with Gasteiger partial charge >= 0.3 is 0 Å². The van der Waals surface area contributed by atoms with Crippen molar-refractivity contribution >= 4 is 0 Å². The van der Waals surface area contributed by atoms with Crippen LogP contribution in [0, 0.1) is 0 Å². The molecule has 1 aliphatic rings. The Balaban J connectivity index is 2.18. The second-order valence-electron chi connectivity index (χ2n) is 3.79. The van der Waals surface area contributed by atoms with Gasteiger partial charge in [-0.25, -0.2) is 0 Å². The first kappa shape index (κ1) is 9.75. The van der Waals surface area contributed by atoms with Gasteiger partial charge in [0.05, 0.1) is 6.10 Å². The Bertz CT molecular complexity index is 161. The molecule has 0 amide bonds. The average Bonchev–Trinajstić information content (AvgIpc) is 2.36. The van der Waals surface area contributed by atoms with Crippen LogP contribution < -0.4 is 5.32 Å². The largest absolute Gasteiger partial charge is 0.392 e. The van der Waals surface area contributed by atoms with E-state index in [2.05, 4.69) is 25.2 Å². The van der Waals surface area contributed by atoms with E-state index in [-0.39, 0.29) is 6.10 Å². The molecule has 0 bridgehead atoms. The summed E-state index contributed by atoms with van der Waals surface area (Å²) in [5.41, 5.74) is 1.33. The van der Waals surface area contributed by atoms with Gasteiger partial charge in [-0.1, -0.05) is 11.6 Å². The molecule has 0 saturated heterocycles. The maximum atomic E-state index is 9.47. The van der Waals surface area contributed by atoms with E-state index in [0.29, 0.717) is 6.04 Å². The minimum absolute atomic E-state index is 0.115. The Labute approximate surface area is 74.7 Å². The van der Waals surface area contributed by atoms with E-state index in [1.807, 2.05) is 0 Å². The molecule has 0 aliphatic heterocycles. The fourth-order valence-electron chi connectivity index (χ4n) is 1.59. The number of allylic oxidation sites excluding steroid dienone is 1. The van der Waals surface area contributed by atoms with Gasteiger partial charge in [-0.2, -0.15) is 0 Å². The third-order valence-electron chi connectivity index (χ3n) is 2.37. The molecule has 0 radical (unpaired) electrons. The van der Waals surface area contributed by atoms with Gasteiger partial charge in [0.25, 0.3) is 0 Å². The van der Waals surface area contributed by atoms with Gasteiger partial charge in [-0.05, 0) is 33.1 Å². The van der Waals surface area contributed by atoms with E-state index in [1.54, 1.807) is 0 Å². The van der Waals surface area contributed by atoms with Crippen molar-refractivity contribution in [2.45, 2.75) is 45.3 Å². The zero-order valence-corrected chi connectivity index (χ0v) is 8.01. The summed E-state index contributed by atoms with van der Waals surface area (Å²) < 4.78 is 0. The molecule has 2 atom stereocenters. The lowest BCUT2D eigenvalue weighted by Gasteiger charge is -2.14. The summed E-state index contributed by atoms with van der Waals surface area (Å²) in [6, 6.07) is 0.334. The lowest BCUT2D eigenvalue weighted by molar-refractivity contribution is 0.151. The number of hydrogen-bond donors (Lipinski definition) is 2. The standard InChI is InChI=1S/C10H19NO/c1-8(2)6-7-11-9-4-3-5-10(9)12/h6,9-12H,3-5,7H2,1-2H3/t9-,10-/m0/s1. The summed E-state index contributed by atoms with van der Waals surface area (Å²) >= 11 is 0. The van der Waals surface area contributed by atoms with Crippen molar-refractivity contribution in [1.29, 1.82) is 0 Å². The average molecular weight is 169 g/mol. The van der Waals surface area contributed by atoms with Crippen molar-refractivity contribution in [2.75, 3.05) is 6.54 Å². The highest BCUT2D eigenvalue weighted by molar-refractivity contribution is 4.96. The van der Waals surface area contributed by atoms with Gasteiger partial charge in [0.15, 0.2) is 0 Å². The molecule has 0 aromatic carbocycles. The molecule has 2 heteroatoms. The van der Waals surface area contributed by atoms with Crippen molar-refractivity contribution < 1.29 is 5.11 Å². The van der Waals surface area contributed by atoms with Gasteiger partial charge in [0, 0.05) is 12.6 Å². The van der Waals surface area contributed by atoms with Crippen LogP contribution in [0.1, 0.15) is 33.1 Å². The number of aliphatic hydroxyl groups is 1. The number of hydrogen-bond acceptors (Lipinski definition) is 2. The molecule has 1 aliphatic carbocycles. The van der Waals surface area contributed by atoms with Gasteiger partial charge in [0.1, 0.15) is 0 Å². The molecule has 2 nitrogen and oxygen atoms in total. The quantitative estimate of drug-likeness (QED) is 0.627. The fraction of sp³-hybridized carbons (Fsp3) is 0.800. The monoisotopic (exact) mass is 169 g/mol.